The van der Waals surface area contributed by atoms with Crippen LogP contribution in [0.5, 0.6) is 5.75 Å². The lowest BCUT2D eigenvalue weighted by atomic mass is 9.94. The smallest absolute Gasteiger partial charge is 0.243 e. The predicted octanol–water partition coefficient (Wildman–Crippen LogP) is 4.52. The molecule has 5 rings (SSSR count). The number of piperidine rings is 1. The zero-order chi connectivity index (χ0) is 26.9. The summed E-state index contributed by atoms with van der Waals surface area (Å²) in [6, 6.07) is 9.59. The molecule has 8 nitrogen and oxygen atoms in total. The van der Waals surface area contributed by atoms with Crippen LogP contribution in [0.3, 0.4) is 0 Å². The second-order valence-corrected chi connectivity index (χ2v) is 14.0. The summed E-state index contributed by atoms with van der Waals surface area (Å²) in [7, 11) is -4.14. The fourth-order valence-electron chi connectivity index (χ4n) is 5.38. The number of carbonyl (C=O) groups excluding carboxylic acids is 1. The number of amides is 1. The lowest BCUT2D eigenvalue weighted by Gasteiger charge is -2.34. The van der Waals surface area contributed by atoms with Crippen molar-refractivity contribution in [1.82, 2.24) is 14.6 Å². The van der Waals surface area contributed by atoms with Gasteiger partial charge >= 0.3 is 0 Å². The average molecular weight is 622 g/mol. The van der Waals surface area contributed by atoms with E-state index in [4.69, 9.17) is 0 Å². The number of phenolic OH excluding ortho intramolecular Hbond substituents is 1. The number of phenols is 1. The number of halogens is 1. The van der Waals surface area contributed by atoms with Gasteiger partial charge in [-0.25, -0.2) is 13.4 Å². The summed E-state index contributed by atoms with van der Waals surface area (Å²) < 4.78 is 31.3. The molecule has 0 saturated carbocycles. The molecule has 3 aromatic rings. The predicted molar refractivity (Wildman–Crippen MR) is 155 cm³/mol. The molecule has 0 radical (unpaired) electrons. The number of rotatable bonds is 8. The highest BCUT2D eigenvalue weighted by Gasteiger charge is 2.34. The molecule has 11 heteroatoms. The van der Waals surface area contributed by atoms with E-state index in [9.17, 15) is 18.3 Å². The first-order valence-electron chi connectivity index (χ1n) is 13.0. The van der Waals surface area contributed by atoms with Gasteiger partial charge in [-0.1, -0.05) is 35.0 Å². The van der Waals surface area contributed by atoms with Crippen LogP contribution in [0.25, 0.3) is 10.2 Å². The molecule has 1 aromatic heterocycles. The maximum absolute atomic E-state index is 13.8. The number of hydrogen-bond acceptors (Lipinski definition) is 7. The lowest BCUT2D eigenvalue weighted by Crippen LogP contribution is -2.51. The van der Waals surface area contributed by atoms with Crippen molar-refractivity contribution in [2.45, 2.75) is 50.0 Å². The Hall–Kier alpha value is -2.21. The number of alkyl halides is 1. The van der Waals surface area contributed by atoms with Gasteiger partial charge in [0, 0.05) is 37.5 Å². The number of likely N-dealkylation sites (tertiary alicyclic amines) is 1. The molecule has 2 aliphatic rings. The molecule has 3 N–H and O–H groups in total. The highest BCUT2D eigenvalue weighted by atomic mass is 79.9. The topological polar surface area (TPSA) is 112 Å². The standard InChI is InChI=1S/C27H33BrN4O4S2/c1-17-12-19-13-20(33)14-24(26(19)29-16-17)38(35,36)31-22(15-25-30-21-4-2-3-5-23(21)37-25)27(34)32-10-7-18(6-9-28)8-11-32/h2-5,13-14,17-18,22,29,31,33H,6-12,15-16H2,1H3/t17?,22-/m0/s1. The number of aromatic hydroxyl groups is 1. The monoisotopic (exact) mass is 620 g/mol. The highest BCUT2D eigenvalue weighted by Crippen LogP contribution is 2.35. The van der Waals surface area contributed by atoms with Crippen LogP contribution in [0.4, 0.5) is 5.69 Å². The first kappa shape index (κ1) is 27.4. The zero-order valence-corrected chi connectivity index (χ0v) is 24.5. The van der Waals surface area contributed by atoms with Crippen molar-refractivity contribution in [2.75, 3.05) is 30.3 Å². The molecule has 1 fully saturated rings. The summed E-state index contributed by atoms with van der Waals surface area (Å²) in [4.78, 5) is 20.2. The summed E-state index contributed by atoms with van der Waals surface area (Å²) in [5, 5.41) is 15.2. The SMILES string of the molecule is CC1CNc2c(cc(O)cc2S(=O)(=O)N[C@@H](Cc2nc3ccccc3s2)C(=O)N2CCC(CCBr)CC2)C1. The summed E-state index contributed by atoms with van der Waals surface area (Å²) >= 11 is 4.98. The summed E-state index contributed by atoms with van der Waals surface area (Å²) in [5.41, 5.74) is 2.08. The van der Waals surface area contributed by atoms with Crippen molar-refractivity contribution in [3.8, 4) is 5.75 Å². The van der Waals surface area contributed by atoms with Gasteiger partial charge in [0.05, 0.1) is 20.9 Å². The number of fused-ring (bicyclic) bond motifs is 2. The van der Waals surface area contributed by atoms with E-state index < -0.39 is 16.1 Å². The van der Waals surface area contributed by atoms with Gasteiger partial charge < -0.3 is 15.3 Å². The van der Waals surface area contributed by atoms with Crippen LogP contribution in [-0.4, -0.2) is 60.3 Å². The molecule has 0 aliphatic carbocycles. The van der Waals surface area contributed by atoms with Crippen LogP contribution in [0.15, 0.2) is 41.3 Å². The molecule has 1 saturated heterocycles. The van der Waals surface area contributed by atoms with E-state index in [1.165, 1.54) is 17.4 Å². The minimum atomic E-state index is -4.14. The van der Waals surface area contributed by atoms with E-state index in [1.807, 2.05) is 24.3 Å². The summed E-state index contributed by atoms with van der Waals surface area (Å²) in [5.74, 6) is 0.530. The number of anilines is 1. The Morgan fingerprint density at radius 1 is 1.29 bits per heavy atom. The number of carbonyl (C=O) groups is 1. The van der Waals surface area contributed by atoms with Gasteiger partial charge in [0.15, 0.2) is 0 Å². The van der Waals surface area contributed by atoms with E-state index in [1.54, 1.807) is 11.0 Å². The minimum Gasteiger partial charge on any atom is -0.508 e. The Bertz CT molecular complexity index is 1390. The number of sulfonamides is 1. The number of nitrogens with zero attached hydrogens (tertiary/aromatic N) is 2. The van der Waals surface area contributed by atoms with E-state index in [2.05, 4.69) is 37.9 Å². The third-order valence-electron chi connectivity index (χ3n) is 7.41. The molecule has 1 amide bonds. The normalized spacial score (nSPS) is 19.2. The molecule has 3 heterocycles. The molecule has 204 valence electrons. The number of thiazole rings is 1. The van der Waals surface area contributed by atoms with Gasteiger partial charge in [0.2, 0.25) is 15.9 Å². The minimum absolute atomic E-state index is 0.0301. The number of nitrogens with one attached hydrogen (secondary N) is 2. The van der Waals surface area contributed by atoms with Gasteiger partial charge in [-0.2, -0.15) is 4.72 Å². The van der Waals surface area contributed by atoms with Crippen molar-refractivity contribution < 1.29 is 18.3 Å². The second kappa shape index (κ2) is 11.5. The largest absolute Gasteiger partial charge is 0.508 e. The molecule has 0 bridgehead atoms. The Labute approximate surface area is 236 Å². The van der Waals surface area contributed by atoms with Gasteiger partial charge in [-0.3, -0.25) is 4.79 Å². The van der Waals surface area contributed by atoms with Crippen molar-refractivity contribution in [3.05, 3.63) is 47.0 Å². The van der Waals surface area contributed by atoms with Crippen LogP contribution in [-0.2, 0) is 27.7 Å². The fraction of sp³-hybridized carbons (Fsp3) is 0.481. The van der Waals surface area contributed by atoms with Gasteiger partial charge in [0.25, 0.3) is 0 Å². The number of hydrogen-bond donors (Lipinski definition) is 3. The van der Waals surface area contributed by atoms with Crippen LogP contribution in [0.2, 0.25) is 0 Å². The Balaban J connectivity index is 1.44. The Morgan fingerprint density at radius 2 is 2.05 bits per heavy atom. The molecule has 38 heavy (non-hydrogen) atoms. The quantitative estimate of drug-likeness (QED) is 0.252. The van der Waals surface area contributed by atoms with Crippen LogP contribution < -0.4 is 10.0 Å². The lowest BCUT2D eigenvalue weighted by molar-refractivity contribution is -0.134. The molecule has 0 spiro atoms. The summed E-state index contributed by atoms with van der Waals surface area (Å²) in [6.45, 7) is 3.92. The molecule has 2 aromatic carbocycles. The number of para-hydroxylation sites is 1. The highest BCUT2D eigenvalue weighted by molar-refractivity contribution is 9.09. The Morgan fingerprint density at radius 3 is 2.79 bits per heavy atom. The second-order valence-electron chi connectivity index (χ2n) is 10.4. The maximum Gasteiger partial charge on any atom is 0.243 e. The fourth-order valence-corrected chi connectivity index (χ4v) is 8.48. The van der Waals surface area contributed by atoms with Crippen LogP contribution in [0, 0.1) is 11.8 Å². The van der Waals surface area contributed by atoms with E-state index in [-0.39, 0.29) is 23.0 Å². The van der Waals surface area contributed by atoms with Crippen molar-refractivity contribution in [3.63, 3.8) is 0 Å². The number of benzene rings is 2. The van der Waals surface area contributed by atoms with E-state index in [0.717, 1.165) is 40.4 Å². The molecule has 2 aliphatic heterocycles. The maximum atomic E-state index is 13.8. The zero-order valence-electron chi connectivity index (χ0n) is 21.3. The van der Waals surface area contributed by atoms with Gasteiger partial charge in [-0.15, -0.1) is 11.3 Å². The van der Waals surface area contributed by atoms with Crippen LogP contribution in [0.1, 0.15) is 36.8 Å². The van der Waals surface area contributed by atoms with Crippen molar-refractivity contribution in [1.29, 1.82) is 0 Å². The Kier molecular flexibility index (Phi) is 8.27. The van der Waals surface area contributed by atoms with E-state index >= 15 is 0 Å². The molecular weight excluding hydrogens is 588 g/mol. The molecular formula is C27H33BrN4O4S2. The van der Waals surface area contributed by atoms with Crippen LogP contribution >= 0.6 is 27.3 Å². The van der Waals surface area contributed by atoms with Gasteiger partial charge in [-0.05, 0) is 61.3 Å². The first-order valence-corrected chi connectivity index (χ1v) is 16.5. The van der Waals surface area contributed by atoms with Gasteiger partial charge in [0.1, 0.15) is 16.7 Å². The van der Waals surface area contributed by atoms with E-state index in [0.29, 0.717) is 48.6 Å². The van der Waals surface area contributed by atoms with Crippen molar-refractivity contribution >= 4 is 59.1 Å². The summed E-state index contributed by atoms with van der Waals surface area (Å²) in [6.07, 6.45) is 3.69. The average Bonchev–Trinajstić information content (AvgIpc) is 3.30. The third-order valence-corrected chi connectivity index (χ3v) is 10.4. The number of aromatic nitrogens is 1. The molecule has 1 unspecified atom stereocenters. The first-order chi connectivity index (χ1) is 18.2. The van der Waals surface area contributed by atoms with Crippen molar-refractivity contribution in [2.24, 2.45) is 11.8 Å². The third kappa shape index (κ3) is 6.00. The molecule has 2 atom stereocenters.